The van der Waals surface area contributed by atoms with Crippen molar-refractivity contribution >= 4 is 23.5 Å². The summed E-state index contributed by atoms with van der Waals surface area (Å²) < 4.78 is 0. The molecule has 0 radical (unpaired) electrons. The number of nitrogens with one attached hydrogen (secondary N) is 1. The zero-order valence-electron chi connectivity index (χ0n) is 15.5. The molecule has 1 amide bonds. The minimum Gasteiger partial charge on any atom is -0.310 e. The van der Waals surface area contributed by atoms with Crippen LogP contribution in [0.25, 0.3) is 10.4 Å². The Balaban J connectivity index is 1.54. The number of hydrogen-bond donors (Lipinski definition) is 1. The molecule has 1 saturated heterocycles. The first-order valence-electron chi connectivity index (χ1n) is 8.57. The molecule has 2 aromatic rings. The van der Waals surface area contributed by atoms with E-state index in [9.17, 15) is 4.79 Å². The number of aliphatic imine (C=N–C) groups is 1. The summed E-state index contributed by atoms with van der Waals surface area (Å²) in [7, 11) is 0. The quantitative estimate of drug-likeness (QED) is 0.795. The molecule has 1 aliphatic heterocycles. The van der Waals surface area contributed by atoms with Crippen LogP contribution in [0.1, 0.15) is 25.0 Å². The smallest absolute Gasteiger partial charge is 0.239 e. The number of hydrogen-bond acceptors (Lipinski definition) is 5. The number of amides is 1. The van der Waals surface area contributed by atoms with E-state index in [4.69, 9.17) is 0 Å². The van der Waals surface area contributed by atoms with Gasteiger partial charge in [-0.15, -0.1) is 11.3 Å². The second-order valence-electron chi connectivity index (χ2n) is 7.50. The molecule has 1 aromatic carbocycles. The molecule has 0 spiro atoms. The van der Waals surface area contributed by atoms with Gasteiger partial charge in [0.1, 0.15) is 5.82 Å². The van der Waals surface area contributed by atoms with Gasteiger partial charge in [0.15, 0.2) is 0 Å². The Hall–Kier alpha value is -2.31. The Morgan fingerprint density at radius 1 is 1.46 bits per heavy atom. The molecule has 1 fully saturated rings. The van der Waals surface area contributed by atoms with Crippen molar-refractivity contribution in [1.29, 1.82) is 0 Å². The molecule has 0 atom stereocenters. The monoisotopic (exact) mass is 368 g/mol. The van der Waals surface area contributed by atoms with E-state index in [1.54, 1.807) is 17.6 Å². The molecule has 3 rings (SSSR count). The molecular weight excluding hydrogens is 344 g/mol. The van der Waals surface area contributed by atoms with Crippen molar-refractivity contribution in [2.75, 3.05) is 19.6 Å². The first kappa shape index (κ1) is 18.5. The number of likely N-dealkylation sites (tertiary alicyclic amines) is 1. The third-order valence-electron chi connectivity index (χ3n) is 4.30. The zero-order chi connectivity index (χ0) is 18.7. The van der Waals surface area contributed by atoms with Gasteiger partial charge in [-0.25, -0.2) is 4.99 Å². The molecule has 6 heteroatoms. The summed E-state index contributed by atoms with van der Waals surface area (Å²) in [5.41, 5.74) is 5.40. The van der Waals surface area contributed by atoms with Gasteiger partial charge >= 0.3 is 0 Å². The van der Waals surface area contributed by atoms with E-state index in [0.29, 0.717) is 17.8 Å². The minimum atomic E-state index is -0.0695. The number of benzene rings is 1. The molecule has 0 saturated carbocycles. The Kier molecular flexibility index (Phi) is 5.34. The topological polar surface area (TPSA) is 57.6 Å². The van der Waals surface area contributed by atoms with Gasteiger partial charge in [-0.05, 0) is 35.1 Å². The van der Waals surface area contributed by atoms with Crippen LogP contribution in [0.2, 0.25) is 0 Å². The number of thiazole rings is 1. The van der Waals surface area contributed by atoms with Crippen molar-refractivity contribution in [3.63, 3.8) is 0 Å². The fourth-order valence-electron chi connectivity index (χ4n) is 3.19. The summed E-state index contributed by atoms with van der Waals surface area (Å²) in [6.07, 6.45) is 3.60. The van der Waals surface area contributed by atoms with Gasteiger partial charge in [-0.2, -0.15) is 0 Å². The van der Waals surface area contributed by atoms with Gasteiger partial charge in [0, 0.05) is 25.5 Å². The van der Waals surface area contributed by atoms with Crippen molar-refractivity contribution < 1.29 is 4.79 Å². The molecule has 1 aromatic heterocycles. The second kappa shape index (κ2) is 7.51. The highest BCUT2D eigenvalue weighted by Gasteiger charge is 2.34. The standard InChI is InChI=1S/C20H24N4OS/c1-14-7-16(18-9-21-13-26-18)5-6-17(14)8-22-15(2)23-19(25)10-24-11-20(3,4)12-24/h5-9,13H,2,10-12H2,1,3-4H3,(H,23,25). The maximum absolute atomic E-state index is 12.0. The van der Waals surface area contributed by atoms with E-state index < -0.39 is 0 Å². The number of nitrogens with zero attached hydrogens (tertiary/aromatic N) is 3. The van der Waals surface area contributed by atoms with Crippen molar-refractivity contribution in [3.8, 4) is 10.4 Å². The van der Waals surface area contributed by atoms with Crippen LogP contribution < -0.4 is 5.32 Å². The van der Waals surface area contributed by atoms with Gasteiger partial charge in [0.2, 0.25) is 5.91 Å². The van der Waals surface area contributed by atoms with E-state index >= 15 is 0 Å². The third-order valence-corrected chi connectivity index (χ3v) is 5.12. The van der Waals surface area contributed by atoms with Crippen LogP contribution in [-0.2, 0) is 4.79 Å². The van der Waals surface area contributed by atoms with Crippen molar-refractivity contribution in [2.24, 2.45) is 10.4 Å². The number of carbonyl (C=O) groups excluding carboxylic acids is 1. The van der Waals surface area contributed by atoms with Gasteiger partial charge in [-0.3, -0.25) is 14.7 Å². The van der Waals surface area contributed by atoms with Crippen molar-refractivity contribution in [3.05, 3.63) is 53.4 Å². The maximum atomic E-state index is 12.0. The summed E-state index contributed by atoms with van der Waals surface area (Å²) in [4.78, 5) is 23.7. The summed E-state index contributed by atoms with van der Waals surface area (Å²) in [6, 6.07) is 6.18. The molecule has 1 aliphatic rings. The number of carbonyl (C=O) groups is 1. The SMILES string of the molecule is C=C(N=Cc1ccc(-c2cncs2)cc1C)NC(=O)CN1CC(C)(C)C1. The van der Waals surface area contributed by atoms with Crippen LogP contribution in [-0.4, -0.2) is 41.6 Å². The van der Waals surface area contributed by atoms with Gasteiger partial charge < -0.3 is 5.32 Å². The van der Waals surface area contributed by atoms with Crippen LogP contribution in [0, 0.1) is 12.3 Å². The Morgan fingerprint density at radius 3 is 2.85 bits per heavy atom. The largest absolute Gasteiger partial charge is 0.310 e. The third kappa shape index (κ3) is 4.65. The molecular formula is C20H24N4OS. The summed E-state index contributed by atoms with van der Waals surface area (Å²) in [5.74, 6) is 0.292. The van der Waals surface area contributed by atoms with Crippen LogP contribution in [0.5, 0.6) is 0 Å². The second-order valence-corrected chi connectivity index (χ2v) is 8.39. The van der Waals surface area contributed by atoms with E-state index in [0.717, 1.165) is 34.7 Å². The predicted molar refractivity (Wildman–Crippen MR) is 107 cm³/mol. The molecule has 1 N–H and O–H groups in total. The molecule has 26 heavy (non-hydrogen) atoms. The average molecular weight is 369 g/mol. The molecule has 2 heterocycles. The lowest BCUT2D eigenvalue weighted by Crippen LogP contribution is -2.55. The summed E-state index contributed by atoms with van der Waals surface area (Å²) in [5, 5.41) is 2.75. The van der Waals surface area contributed by atoms with E-state index in [1.807, 2.05) is 24.7 Å². The van der Waals surface area contributed by atoms with Crippen LogP contribution >= 0.6 is 11.3 Å². The van der Waals surface area contributed by atoms with E-state index in [2.05, 4.69) is 52.8 Å². The normalized spacial score (nSPS) is 16.4. The summed E-state index contributed by atoms with van der Waals surface area (Å²) >= 11 is 1.62. The Bertz CT molecular complexity index is 832. The molecule has 136 valence electrons. The van der Waals surface area contributed by atoms with Gasteiger partial charge in [-0.1, -0.05) is 32.6 Å². The first-order chi connectivity index (χ1) is 12.3. The van der Waals surface area contributed by atoms with E-state index in [1.165, 1.54) is 0 Å². The summed E-state index contributed by atoms with van der Waals surface area (Å²) in [6.45, 7) is 12.5. The van der Waals surface area contributed by atoms with Crippen LogP contribution in [0.15, 0.2) is 47.3 Å². The maximum Gasteiger partial charge on any atom is 0.239 e. The van der Waals surface area contributed by atoms with Crippen LogP contribution in [0.3, 0.4) is 0 Å². The van der Waals surface area contributed by atoms with Crippen molar-refractivity contribution in [2.45, 2.75) is 20.8 Å². The predicted octanol–water partition coefficient (Wildman–Crippen LogP) is 3.47. The average Bonchev–Trinajstić information content (AvgIpc) is 3.06. The Morgan fingerprint density at radius 2 is 2.23 bits per heavy atom. The van der Waals surface area contributed by atoms with Gasteiger partial charge in [0.25, 0.3) is 0 Å². The number of aryl methyl sites for hydroxylation is 1. The van der Waals surface area contributed by atoms with Crippen LogP contribution in [0.4, 0.5) is 0 Å². The zero-order valence-corrected chi connectivity index (χ0v) is 16.3. The molecule has 0 aliphatic carbocycles. The fourth-order valence-corrected chi connectivity index (χ4v) is 3.81. The molecule has 0 bridgehead atoms. The van der Waals surface area contributed by atoms with E-state index in [-0.39, 0.29) is 5.91 Å². The highest BCUT2D eigenvalue weighted by Crippen LogP contribution is 2.28. The lowest BCUT2D eigenvalue weighted by Gasteiger charge is -2.45. The van der Waals surface area contributed by atoms with Crippen molar-refractivity contribution in [1.82, 2.24) is 15.2 Å². The first-order valence-corrected chi connectivity index (χ1v) is 9.45. The molecule has 5 nitrogen and oxygen atoms in total. The Labute approximate surface area is 158 Å². The number of aromatic nitrogens is 1. The lowest BCUT2D eigenvalue weighted by atomic mass is 9.84. The highest BCUT2D eigenvalue weighted by atomic mass is 32.1. The highest BCUT2D eigenvalue weighted by molar-refractivity contribution is 7.13. The number of rotatable bonds is 6. The van der Waals surface area contributed by atoms with Gasteiger partial charge in [0.05, 0.1) is 16.9 Å². The fraction of sp³-hybridized carbons (Fsp3) is 0.350. The molecule has 0 unspecified atom stereocenters. The minimum absolute atomic E-state index is 0.0695. The lowest BCUT2D eigenvalue weighted by molar-refractivity contribution is -0.124.